The van der Waals surface area contributed by atoms with Gasteiger partial charge in [-0.15, -0.1) is 0 Å². The number of nitrogens with one attached hydrogen (secondary N) is 2. The molecule has 2 N–H and O–H groups in total. The van der Waals surface area contributed by atoms with Crippen molar-refractivity contribution in [2.75, 3.05) is 18.4 Å². The summed E-state index contributed by atoms with van der Waals surface area (Å²) in [7, 11) is 0. The number of nitrogens with zero attached hydrogens (tertiary/aromatic N) is 1. The molecule has 17 heavy (non-hydrogen) atoms. The molecular weight excluding hydrogens is 214 g/mol. The Kier molecular flexibility index (Phi) is 3.61. The van der Waals surface area contributed by atoms with Crippen LogP contribution in [0, 0.1) is 11.8 Å². The van der Waals surface area contributed by atoms with Crippen LogP contribution in [0.3, 0.4) is 0 Å². The standard InChI is InChI=1S/C13H19N3O/c1-3-15-12-4-5-14-8-11(12)13(17)16-7-10-6-9(10)2/h4-5,8-10H,3,6-7H2,1-2H3,(H,14,15)(H,16,17). The highest BCUT2D eigenvalue weighted by Gasteiger charge is 2.32. The molecule has 1 fully saturated rings. The normalized spacial score (nSPS) is 22.0. The molecule has 4 nitrogen and oxygen atoms in total. The van der Waals surface area contributed by atoms with Gasteiger partial charge in [0.25, 0.3) is 5.91 Å². The lowest BCUT2D eigenvalue weighted by molar-refractivity contribution is 0.0952. The molecule has 2 atom stereocenters. The third kappa shape index (κ3) is 2.96. The number of carbonyl (C=O) groups excluding carboxylic acids is 1. The first-order valence-corrected chi connectivity index (χ1v) is 6.18. The van der Waals surface area contributed by atoms with Crippen LogP contribution in [0.2, 0.25) is 0 Å². The van der Waals surface area contributed by atoms with E-state index >= 15 is 0 Å². The lowest BCUT2D eigenvalue weighted by atomic mass is 10.2. The van der Waals surface area contributed by atoms with Crippen LogP contribution in [0.1, 0.15) is 30.6 Å². The van der Waals surface area contributed by atoms with Gasteiger partial charge in [-0.3, -0.25) is 9.78 Å². The van der Waals surface area contributed by atoms with Crippen molar-refractivity contribution >= 4 is 11.6 Å². The third-order valence-corrected chi connectivity index (χ3v) is 3.23. The number of anilines is 1. The van der Waals surface area contributed by atoms with E-state index in [0.29, 0.717) is 11.5 Å². The predicted molar refractivity (Wildman–Crippen MR) is 68.0 cm³/mol. The molecule has 2 unspecified atom stereocenters. The van der Waals surface area contributed by atoms with E-state index in [1.165, 1.54) is 6.42 Å². The van der Waals surface area contributed by atoms with Crippen molar-refractivity contribution in [1.29, 1.82) is 0 Å². The van der Waals surface area contributed by atoms with Crippen molar-refractivity contribution in [2.24, 2.45) is 11.8 Å². The summed E-state index contributed by atoms with van der Waals surface area (Å²) < 4.78 is 0. The zero-order valence-electron chi connectivity index (χ0n) is 10.4. The van der Waals surface area contributed by atoms with Crippen molar-refractivity contribution in [2.45, 2.75) is 20.3 Å². The van der Waals surface area contributed by atoms with Crippen molar-refractivity contribution in [3.05, 3.63) is 24.0 Å². The van der Waals surface area contributed by atoms with Crippen LogP contribution in [0.25, 0.3) is 0 Å². The molecule has 2 rings (SSSR count). The summed E-state index contributed by atoms with van der Waals surface area (Å²) in [6.07, 6.45) is 4.54. The van der Waals surface area contributed by atoms with E-state index in [-0.39, 0.29) is 5.91 Å². The maximum absolute atomic E-state index is 12.0. The first kappa shape index (κ1) is 11.9. The van der Waals surface area contributed by atoms with Crippen molar-refractivity contribution in [1.82, 2.24) is 10.3 Å². The van der Waals surface area contributed by atoms with Gasteiger partial charge >= 0.3 is 0 Å². The molecule has 0 aliphatic heterocycles. The predicted octanol–water partition coefficient (Wildman–Crippen LogP) is 1.90. The molecule has 1 aliphatic rings. The molecule has 0 spiro atoms. The number of rotatable bonds is 5. The van der Waals surface area contributed by atoms with E-state index in [0.717, 1.165) is 24.7 Å². The van der Waals surface area contributed by atoms with Gasteiger partial charge in [0.2, 0.25) is 0 Å². The van der Waals surface area contributed by atoms with Gasteiger partial charge in [0.05, 0.1) is 11.3 Å². The lowest BCUT2D eigenvalue weighted by Crippen LogP contribution is -2.27. The van der Waals surface area contributed by atoms with Crippen LogP contribution in [0.4, 0.5) is 5.69 Å². The highest BCUT2D eigenvalue weighted by molar-refractivity contribution is 5.99. The summed E-state index contributed by atoms with van der Waals surface area (Å²) in [6, 6.07) is 1.83. The van der Waals surface area contributed by atoms with Crippen LogP contribution < -0.4 is 10.6 Å². The van der Waals surface area contributed by atoms with E-state index in [1.54, 1.807) is 12.4 Å². The number of pyridine rings is 1. The summed E-state index contributed by atoms with van der Waals surface area (Å²) in [5.74, 6) is 1.39. The quantitative estimate of drug-likeness (QED) is 0.816. The number of carbonyl (C=O) groups is 1. The van der Waals surface area contributed by atoms with Gasteiger partial charge < -0.3 is 10.6 Å². The SMILES string of the molecule is CCNc1ccncc1C(=O)NCC1CC1C. The topological polar surface area (TPSA) is 54.0 Å². The van der Waals surface area contributed by atoms with Gasteiger partial charge in [-0.05, 0) is 31.2 Å². The molecule has 0 radical (unpaired) electrons. The molecule has 0 bridgehead atoms. The molecule has 1 amide bonds. The molecule has 92 valence electrons. The maximum atomic E-state index is 12.0. The monoisotopic (exact) mass is 233 g/mol. The Balaban J connectivity index is 1.97. The number of amides is 1. The number of hydrogen-bond acceptors (Lipinski definition) is 3. The minimum Gasteiger partial charge on any atom is -0.385 e. The van der Waals surface area contributed by atoms with E-state index in [4.69, 9.17) is 0 Å². The Morgan fingerprint density at radius 1 is 1.59 bits per heavy atom. The second-order valence-corrected chi connectivity index (χ2v) is 4.63. The molecule has 0 aromatic carbocycles. The van der Waals surface area contributed by atoms with E-state index in [2.05, 4.69) is 22.5 Å². The minimum atomic E-state index is -0.0341. The molecule has 1 aliphatic carbocycles. The van der Waals surface area contributed by atoms with E-state index in [9.17, 15) is 4.79 Å². The summed E-state index contributed by atoms with van der Waals surface area (Å²) in [4.78, 5) is 16.0. The Bertz CT molecular complexity index is 405. The maximum Gasteiger partial charge on any atom is 0.254 e. The first-order valence-electron chi connectivity index (χ1n) is 6.18. The fourth-order valence-electron chi connectivity index (χ4n) is 1.92. The molecule has 4 heteroatoms. The zero-order chi connectivity index (χ0) is 12.3. The Morgan fingerprint density at radius 3 is 3.00 bits per heavy atom. The average molecular weight is 233 g/mol. The minimum absolute atomic E-state index is 0.0341. The van der Waals surface area contributed by atoms with Crippen molar-refractivity contribution < 1.29 is 4.79 Å². The molecule has 1 aromatic heterocycles. The first-order chi connectivity index (χ1) is 8.22. The van der Waals surface area contributed by atoms with Gasteiger partial charge in [0.1, 0.15) is 0 Å². The van der Waals surface area contributed by atoms with Gasteiger partial charge in [-0.25, -0.2) is 0 Å². The van der Waals surface area contributed by atoms with Gasteiger partial charge in [-0.2, -0.15) is 0 Å². The van der Waals surface area contributed by atoms with Gasteiger partial charge in [-0.1, -0.05) is 6.92 Å². The van der Waals surface area contributed by atoms with Crippen LogP contribution in [0.5, 0.6) is 0 Å². The van der Waals surface area contributed by atoms with Gasteiger partial charge in [0, 0.05) is 25.5 Å². The zero-order valence-corrected chi connectivity index (χ0v) is 10.4. The number of aromatic nitrogens is 1. The second-order valence-electron chi connectivity index (χ2n) is 4.63. The lowest BCUT2D eigenvalue weighted by Gasteiger charge is -2.10. The number of hydrogen-bond donors (Lipinski definition) is 2. The molecular formula is C13H19N3O. The molecule has 1 saturated carbocycles. The average Bonchev–Trinajstić information content (AvgIpc) is 3.03. The van der Waals surface area contributed by atoms with Crippen LogP contribution in [-0.2, 0) is 0 Å². The van der Waals surface area contributed by atoms with Crippen molar-refractivity contribution in [3.63, 3.8) is 0 Å². The summed E-state index contributed by atoms with van der Waals surface area (Å²) in [5, 5.41) is 6.14. The van der Waals surface area contributed by atoms with Crippen LogP contribution in [-0.4, -0.2) is 24.0 Å². The summed E-state index contributed by atoms with van der Waals surface area (Å²) >= 11 is 0. The highest BCUT2D eigenvalue weighted by atomic mass is 16.1. The fourth-order valence-corrected chi connectivity index (χ4v) is 1.92. The molecule has 1 heterocycles. The van der Waals surface area contributed by atoms with Gasteiger partial charge in [0.15, 0.2) is 0 Å². The summed E-state index contributed by atoms with van der Waals surface area (Å²) in [6.45, 7) is 5.80. The van der Waals surface area contributed by atoms with Crippen molar-refractivity contribution in [3.8, 4) is 0 Å². The second kappa shape index (κ2) is 5.17. The highest BCUT2D eigenvalue weighted by Crippen LogP contribution is 2.36. The molecule has 1 aromatic rings. The Hall–Kier alpha value is -1.58. The Morgan fingerprint density at radius 2 is 2.35 bits per heavy atom. The fraction of sp³-hybridized carbons (Fsp3) is 0.538. The summed E-state index contributed by atoms with van der Waals surface area (Å²) in [5.41, 5.74) is 1.48. The third-order valence-electron chi connectivity index (χ3n) is 3.23. The molecule has 0 saturated heterocycles. The van der Waals surface area contributed by atoms with Crippen LogP contribution in [0.15, 0.2) is 18.5 Å². The van der Waals surface area contributed by atoms with Crippen LogP contribution >= 0.6 is 0 Å². The largest absolute Gasteiger partial charge is 0.385 e. The van der Waals surface area contributed by atoms with E-state index < -0.39 is 0 Å². The smallest absolute Gasteiger partial charge is 0.254 e. The van der Waals surface area contributed by atoms with E-state index in [1.807, 2.05) is 13.0 Å². The Labute approximate surface area is 102 Å².